The molecule has 0 saturated carbocycles. The van der Waals surface area contributed by atoms with Gasteiger partial charge in [0.1, 0.15) is 0 Å². The van der Waals surface area contributed by atoms with Gasteiger partial charge in [0.25, 0.3) is 0 Å². The van der Waals surface area contributed by atoms with Crippen LogP contribution >= 0.6 is 0 Å². The van der Waals surface area contributed by atoms with Gasteiger partial charge in [-0.15, -0.1) is 0 Å². The van der Waals surface area contributed by atoms with Crippen LogP contribution in [0.25, 0.3) is 0 Å². The van der Waals surface area contributed by atoms with E-state index in [9.17, 15) is 18.0 Å². The first-order valence-corrected chi connectivity index (χ1v) is 7.06. The molecule has 0 unspecified atom stereocenters. The third-order valence-corrected chi connectivity index (χ3v) is 3.72. The van der Waals surface area contributed by atoms with Crippen LogP contribution in [0.1, 0.15) is 24.3 Å². The van der Waals surface area contributed by atoms with Crippen molar-refractivity contribution >= 4 is 5.91 Å². The van der Waals surface area contributed by atoms with Gasteiger partial charge in [0, 0.05) is 13.1 Å². The molecular formula is C15H19F3N2O. The Labute approximate surface area is 122 Å². The predicted molar refractivity (Wildman–Crippen MR) is 73.9 cm³/mol. The topological polar surface area (TPSA) is 32.3 Å². The van der Waals surface area contributed by atoms with Crippen molar-refractivity contribution in [2.75, 3.05) is 26.2 Å². The number of piperidine rings is 1. The highest BCUT2D eigenvalue weighted by molar-refractivity contribution is 5.78. The molecule has 6 heteroatoms. The Kier molecular flexibility index (Phi) is 5.22. The van der Waals surface area contributed by atoms with Crippen molar-refractivity contribution in [1.82, 2.24) is 10.2 Å². The van der Waals surface area contributed by atoms with Gasteiger partial charge in [-0.05, 0) is 24.3 Å². The molecule has 0 aromatic heterocycles. The lowest BCUT2D eigenvalue weighted by molar-refractivity contribution is -0.135. The van der Waals surface area contributed by atoms with E-state index in [-0.39, 0.29) is 12.5 Å². The van der Waals surface area contributed by atoms with Crippen LogP contribution in [-0.4, -0.2) is 43.2 Å². The monoisotopic (exact) mass is 300 g/mol. The Morgan fingerprint density at radius 2 is 1.81 bits per heavy atom. The van der Waals surface area contributed by atoms with E-state index in [1.807, 2.05) is 18.2 Å². The first-order valence-electron chi connectivity index (χ1n) is 7.06. The zero-order chi connectivity index (χ0) is 15.3. The van der Waals surface area contributed by atoms with Crippen molar-refractivity contribution in [3.8, 4) is 0 Å². The fourth-order valence-electron chi connectivity index (χ4n) is 2.61. The van der Waals surface area contributed by atoms with Gasteiger partial charge in [0.05, 0.1) is 13.1 Å². The van der Waals surface area contributed by atoms with Crippen molar-refractivity contribution < 1.29 is 18.0 Å². The zero-order valence-electron chi connectivity index (χ0n) is 11.7. The molecule has 2 rings (SSSR count). The average Bonchev–Trinajstić information content (AvgIpc) is 2.47. The largest absolute Gasteiger partial charge is 0.401 e. The summed E-state index contributed by atoms with van der Waals surface area (Å²) in [5, 5.41) is 2.15. The number of nitrogens with one attached hydrogen (secondary N) is 1. The number of benzene rings is 1. The third-order valence-electron chi connectivity index (χ3n) is 3.72. The van der Waals surface area contributed by atoms with Gasteiger partial charge in [0.15, 0.2) is 0 Å². The standard InChI is InChI=1S/C15H19F3N2O/c16-15(17,18)11-19-10-14(21)20-8-6-13(7-9-20)12-4-2-1-3-5-12/h1-5,13,19H,6-11H2. The van der Waals surface area contributed by atoms with E-state index >= 15 is 0 Å². The average molecular weight is 300 g/mol. The summed E-state index contributed by atoms with van der Waals surface area (Å²) >= 11 is 0. The van der Waals surface area contributed by atoms with Crippen LogP contribution in [-0.2, 0) is 4.79 Å². The second-order valence-electron chi connectivity index (χ2n) is 5.28. The summed E-state index contributed by atoms with van der Waals surface area (Å²) in [6, 6.07) is 10.1. The van der Waals surface area contributed by atoms with Gasteiger partial charge in [0.2, 0.25) is 5.91 Å². The molecule has 1 amide bonds. The van der Waals surface area contributed by atoms with Gasteiger partial charge in [-0.25, -0.2) is 0 Å². The molecule has 3 nitrogen and oxygen atoms in total. The molecule has 1 aromatic rings. The number of halogens is 3. The lowest BCUT2D eigenvalue weighted by Crippen LogP contribution is -2.44. The smallest absolute Gasteiger partial charge is 0.342 e. The molecular weight excluding hydrogens is 281 g/mol. The first kappa shape index (κ1) is 15.8. The molecule has 1 N–H and O–H groups in total. The van der Waals surface area contributed by atoms with Gasteiger partial charge in [-0.1, -0.05) is 30.3 Å². The summed E-state index contributed by atoms with van der Waals surface area (Å²) < 4.78 is 36.0. The Morgan fingerprint density at radius 3 is 2.38 bits per heavy atom. The van der Waals surface area contributed by atoms with Gasteiger partial charge in [-0.2, -0.15) is 13.2 Å². The summed E-state index contributed by atoms with van der Waals surface area (Å²) in [4.78, 5) is 13.5. The molecule has 1 heterocycles. The number of carbonyl (C=O) groups is 1. The Bertz CT molecular complexity index is 454. The summed E-state index contributed by atoms with van der Waals surface area (Å²) in [6.07, 6.45) is -2.56. The highest BCUT2D eigenvalue weighted by Gasteiger charge is 2.28. The Balaban J connectivity index is 1.75. The fourth-order valence-corrected chi connectivity index (χ4v) is 2.61. The number of hydrogen-bond donors (Lipinski definition) is 1. The number of carbonyl (C=O) groups excluding carboxylic acids is 1. The van der Waals surface area contributed by atoms with Gasteiger partial charge < -0.3 is 10.2 Å². The minimum absolute atomic E-state index is 0.254. The van der Waals surface area contributed by atoms with Crippen molar-refractivity contribution in [2.24, 2.45) is 0 Å². The highest BCUT2D eigenvalue weighted by atomic mass is 19.4. The summed E-state index contributed by atoms with van der Waals surface area (Å²) in [5.74, 6) is 0.171. The minimum atomic E-state index is -4.28. The Morgan fingerprint density at radius 1 is 1.19 bits per heavy atom. The molecule has 1 saturated heterocycles. The van der Waals surface area contributed by atoms with Crippen molar-refractivity contribution in [3.05, 3.63) is 35.9 Å². The van der Waals surface area contributed by atoms with Crippen molar-refractivity contribution in [2.45, 2.75) is 24.9 Å². The van der Waals surface area contributed by atoms with Crippen LogP contribution in [0.4, 0.5) is 13.2 Å². The third kappa shape index (κ3) is 5.04. The molecule has 0 bridgehead atoms. The molecule has 1 fully saturated rings. The van der Waals surface area contributed by atoms with Crippen molar-refractivity contribution in [3.63, 3.8) is 0 Å². The lowest BCUT2D eigenvalue weighted by atomic mass is 9.89. The van der Waals surface area contributed by atoms with E-state index in [0.717, 1.165) is 12.8 Å². The molecule has 1 aromatic carbocycles. The summed E-state index contributed by atoms with van der Waals surface area (Å²) in [6.45, 7) is -0.174. The molecule has 0 spiro atoms. The maximum absolute atomic E-state index is 12.0. The number of amides is 1. The van der Waals surface area contributed by atoms with E-state index in [2.05, 4.69) is 17.4 Å². The van der Waals surface area contributed by atoms with Crippen LogP contribution < -0.4 is 5.32 Å². The molecule has 21 heavy (non-hydrogen) atoms. The van der Waals surface area contributed by atoms with E-state index in [1.54, 1.807) is 4.90 Å². The molecule has 116 valence electrons. The van der Waals surface area contributed by atoms with Gasteiger partial charge in [-0.3, -0.25) is 4.79 Å². The molecule has 0 aliphatic carbocycles. The van der Waals surface area contributed by atoms with Crippen molar-refractivity contribution in [1.29, 1.82) is 0 Å². The van der Waals surface area contributed by atoms with Crippen LogP contribution in [0.15, 0.2) is 30.3 Å². The zero-order valence-corrected chi connectivity index (χ0v) is 11.7. The van der Waals surface area contributed by atoms with Crippen LogP contribution in [0, 0.1) is 0 Å². The van der Waals surface area contributed by atoms with Crippen LogP contribution in [0.3, 0.4) is 0 Å². The van der Waals surface area contributed by atoms with E-state index in [4.69, 9.17) is 0 Å². The van der Waals surface area contributed by atoms with Gasteiger partial charge >= 0.3 is 6.18 Å². The number of alkyl halides is 3. The number of rotatable bonds is 4. The summed E-state index contributed by atoms with van der Waals surface area (Å²) in [5.41, 5.74) is 1.26. The second kappa shape index (κ2) is 6.93. The quantitative estimate of drug-likeness (QED) is 0.927. The number of nitrogens with zero attached hydrogens (tertiary/aromatic N) is 1. The minimum Gasteiger partial charge on any atom is -0.342 e. The van der Waals surface area contributed by atoms with E-state index in [0.29, 0.717) is 19.0 Å². The number of hydrogen-bond acceptors (Lipinski definition) is 2. The maximum Gasteiger partial charge on any atom is 0.401 e. The lowest BCUT2D eigenvalue weighted by Gasteiger charge is -2.32. The van der Waals surface area contributed by atoms with Crippen LogP contribution in [0.5, 0.6) is 0 Å². The predicted octanol–water partition coefficient (Wildman–Crippen LogP) is 2.54. The molecule has 0 radical (unpaired) electrons. The first-order chi connectivity index (χ1) is 9.96. The number of likely N-dealkylation sites (tertiary alicyclic amines) is 1. The second-order valence-corrected chi connectivity index (χ2v) is 5.28. The molecule has 0 atom stereocenters. The SMILES string of the molecule is O=C(CNCC(F)(F)F)N1CCC(c2ccccc2)CC1. The fraction of sp³-hybridized carbons (Fsp3) is 0.533. The molecule has 1 aliphatic heterocycles. The van der Waals surface area contributed by atoms with E-state index < -0.39 is 12.7 Å². The summed E-state index contributed by atoms with van der Waals surface area (Å²) in [7, 11) is 0. The van der Waals surface area contributed by atoms with Crippen LogP contribution in [0.2, 0.25) is 0 Å². The Hall–Kier alpha value is -1.56. The highest BCUT2D eigenvalue weighted by Crippen LogP contribution is 2.27. The molecule has 1 aliphatic rings. The maximum atomic E-state index is 12.0. The van der Waals surface area contributed by atoms with E-state index in [1.165, 1.54) is 5.56 Å². The normalized spacial score (nSPS) is 17.0.